The number of allylic oxidation sites excluding steroid dienone is 1. The largest absolute Gasteiger partial charge is 0.565 e. The summed E-state index contributed by atoms with van der Waals surface area (Å²) in [5.74, 6) is 1.41. The van der Waals surface area contributed by atoms with E-state index in [9.17, 15) is 9.59 Å². The van der Waals surface area contributed by atoms with E-state index in [1.165, 1.54) is 34.3 Å². The second-order valence-electron chi connectivity index (χ2n) is 10.8. The number of carbonyl (C=O) groups is 2. The Labute approximate surface area is 322 Å². The first-order valence-electron chi connectivity index (χ1n) is 15.1. The number of methoxy groups -OCH3 is 2. The number of thiazole rings is 2. The van der Waals surface area contributed by atoms with Gasteiger partial charge in [0.15, 0.2) is 10.3 Å². The van der Waals surface area contributed by atoms with E-state index in [-0.39, 0.29) is 13.2 Å². The Morgan fingerprint density at radius 1 is 1.08 bits per heavy atom. The Hall–Kier alpha value is -3.32. The molecular weight excluding hydrogens is 851 g/mol. The van der Waals surface area contributed by atoms with Crippen LogP contribution in [0.25, 0.3) is 0 Å². The quantitative estimate of drug-likeness (QED) is 0.0442. The minimum Gasteiger partial charge on any atom is -0.565 e. The van der Waals surface area contributed by atoms with Crippen molar-refractivity contribution in [3.63, 3.8) is 0 Å². The summed E-state index contributed by atoms with van der Waals surface area (Å²) in [5, 5.41) is 24.2. The van der Waals surface area contributed by atoms with Crippen LogP contribution in [0.2, 0.25) is 0 Å². The van der Waals surface area contributed by atoms with Gasteiger partial charge in [0, 0.05) is 66.1 Å². The number of anilines is 2. The first-order chi connectivity index (χ1) is 24.4. The van der Waals surface area contributed by atoms with Crippen LogP contribution in [0.1, 0.15) is 38.4 Å². The highest BCUT2D eigenvalue weighted by atomic mass is 79.9. The molecule has 0 bridgehead atoms. The van der Waals surface area contributed by atoms with Crippen LogP contribution in [-0.2, 0) is 37.2 Å². The molecule has 0 fully saturated rings. The molecule has 4 aromatic rings. The van der Waals surface area contributed by atoms with Crippen molar-refractivity contribution in [3.8, 4) is 11.5 Å². The number of benzene rings is 2. The zero-order chi connectivity index (χ0) is 37.4. The minimum absolute atomic E-state index is 0. The lowest BCUT2D eigenvalue weighted by Crippen LogP contribution is -2.47. The highest BCUT2D eigenvalue weighted by molar-refractivity contribution is 9.10. The minimum atomic E-state index is -3.04. The summed E-state index contributed by atoms with van der Waals surface area (Å²) in [5.41, 5.74) is 3.91. The van der Waals surface area contributed by atoms with Gasteiger partial charge < -0.3 is 30.3 Å². The van der Waals surface area contributed by atoms with Crippen molar-refractivity contribution < 1.29 is 39.9 Å². The SMILES string of the molecule is COc1cc(CCN/C(C)=C/C(=O)Nc2nccs2)ccc1Br.COc1cc2c(cc1Br)C(C)(CC(=O)Nc1nccs1)NCC2.O=[P+]([O-])OO.[HH]. The van der Waals surface area contributed by atoms with Crippen molar-refractivity contribution in [2.45, 2.75) is 38.6 Å². The molecule has 0 aliphatic carbocycles. The third-order valence-corrected chi connectivity index (χ3v) is 9.97. The van der Waals surface area contributed by atoms with E-state index in [1.54, 1.807) is 26.6 Å². The van der Waals surface area contributed by atoms with E-state index in [4.69, 9.17) is 24.2 Å². The standard InChI is InChI=1S/2C16H18BrN3O2S.HO4P.H2/c1-16(9-14(21)20-15-18-5-6-23-15)11-8-12(17)13(22-2)7-10(11)3-4-19-16;1-11(9-15(21)20-16-19-7-8-23-16)18-6-5-12-3-4-13(17)14(10-12)22-2;1-4-5(2)3;/h5-8,19H,3-4,9H2,1-2H3,(H,18,20,21);3-4,7-10,18H,5-6H2,1-2H3,(H,19,20,21);1H;1H/b;11-9+;;. The fourth-order valence-electron chi connectivity index (χ4n) is 4.91. The summed E-state index contributed by atoms with van der Waals surface area (Å²) >= 11 is 9.78. The van der Waals surface area contributed by atoms with Gasteiger partial charge in [-0.15, -0.1) is 22.7 Å². The van der Waals surface area contributed by atoms with Crippen LogP contribution < -0.4 is 35.6 Å². The Morgan fingerprint density at radius 3 is 2.29 bits per heavy atom. The first-order valence-corrected chi connectivity index (χ1v) is 19.5. The molecule has 0 radical (unpaired) electrons. The summed E-state index contributed by atoms with van der Waals surface area (Å²) in [6, 6.07) is 10.1. The number of rotatable bonds is 12. The van der Waals surface area contributed by atoms with E-state index in [2.05, 4.69) is 86.8 Å². The smallest absolute Gasteiger partial charge is 0.521 e. The molecule has 5 rings (SSSR count). The van der Waals surface area contributed by atoms with Crippen LogP contribution in [0.5, 0.6) is 11.5 Å². The number of amides is 2. The van der Waals surface area contributed by atoms with Crippen molar-refractivity contribution in [1.29, 1.82) is 0 Å². The van der Waals surface area contributed by atoms with E-state index in [0.29, 0.717) is 16.7 Å². The van der Waals surface area contributed by atoms with Crippen LogP contribution in [0, 0.1) is 0 Å². The third-order valence-electron chi connectivity index (χ3n) is 7.18. The maximum atomic E-state index is 12.4. The second kappa shape index (κ2) is 21.3. The van der Waals surface area contributed by atoms with Crippen molar-refractivity contribution in [3.05, 3.63) is 90.9 Å². The normalized spacial score (nSPS) is 15.1. The molecule has 2 aromatic heterocycles. The number of hydrogen-bond donors (Lipinski definition) is 5. The lowest BCUT2D eigenvalue weighted by molar-refractivity contribution is -0.244. The van der Waals surface area contributed by atoms with E-state index in [1.807, 2.05) is 35.9 Å². The number of hydrogen-bond acceptors (Lipinski definition) is 14. The molecule has 2 amide bonds. The summed E-state index contributed by atoms with van der Waals surface area (Å²) in [4.78, 5) is 41.2. The average Bonchev–Trinajstić information content (AvgIpc) is 3.81. The lowest BCUT2D eigenvalue weighted by Gasteiger charge is -2.37. The number of nitrogens with zero attached hydrogens (tertiary/aromatic N) is 2. The molecule has 19 heteroatoms. The van der Waals surface area contributed by atoms with Gasteiger partial charge in [0.25, 0.3) is 5.91 Å². The Kier molecular flexibility index (Phi) is 17.6. The molecule has 14 nitrogen and oxygen atoms in total. The van der Waals surface area contributed by atoms with Crippen LogP contribution in [0.15, 0.2) is 74.2 Å². The molecule has 5 N–H and O–H groups in total. The zero-order valence-corrected chi connectivity index (χ0v) is 33.7. The van der Waals surface area contributed by atoms with Gasteiger partial charge in [0.1, 0.15) is 11.5 Å². The highest BCUT2D eigenvalue weighted by Gasteiger charge is 2.35. The number of carbonyl (C=O) groups excluding carboxylic acids is 2. The van der Waals surface area contributed by atoms with Crippen molar-refractivity contribution >= 4 is 84.9 Å². The third kappa shape index (κ3) is 14.0. The summed E-state index contributed by atoms with van der Waals surface area (Å²) < 4.78 is 24.1. The van der Waals surface area contributed by atoms with Gasteiger partial charge in [0.2, 0.25) is 5.91 Å². The van der Waals surface area contributed by atoms with Crippen molar-refractivity contribution in [2.24, 2.45) is 0 Å². The Morgan fingerprint density at radius 2 is 1.71 bits per heavy atom. The molecule has 0 saturated heterocycles. The fourth-order valence-corrected chi connectivity index (χ4v) is 6.90. The van der Waals surface area contributed by atoms with Crippen molar-refractivity contribution in [1.82, 2.24) is 20.6 Å². The van der Waals surface area contributed by atoms with Gasteiger partial charge in [-0.2, -0.15) is 0 Å². The van der Waals surface area contributed by atoms with E-state index in [0.717, 1.165) is 63.2 Å². The van der Waals surface area contributed by atoms with Crippen LogP contribution in [0.4, 0.5) is 10.3 Å². The van der Waals surface area contributed by atoms with Gasteiger partial charge in [0.05, 0.1) is 23.2 Å². The Bertz CT molecular complexity index is 1790. The molecule has 1 aliphatic heterocycles. The molecule has 3 heterocycles. The second-order valence-corrected chi connectivity index (χ2v) is 14.9. The van der Waals surface area contributed by atoms with Gasteiger partial charge in [-0.1, -0.05) is 6.07 Å². The summed E-state index contributed by atoms with van der Waals surface area (Å²) in [6.07, 6.45) is 6.97. The van der Waals surface area contributed by atoms with Gasteiger partial charge in [-0.25, -0.2) is 15.2 Å². The number of ether oxygens (including phenoxy) is 2. The molecule has 51 heavy (non-hydrogen) atoms. The van der Waals surface area contributed by atoms with Gasteiger partial charge >= 0.3 is 8.25 Å². The number of fused-ring (bicyclic) bond motifs is 1. The molecule has 2 aromatic carbocycles. The number of halogens is 2. The van der Waals surface area contributed by atoms with Crippen LogP contribution in [0.3, 0.4) is 0 Å². The Balaban J connectivity index is 0.000000314. The fraction of sp³-hybridized carbons (Fsp3) is 0.312. The predicted octanol–water partition coefficient (Wildman–Crippen LogP) is 6.63. The van der Waals surface area contributed by atoms with E-state index >= 15 is 0 Å². The molecule has 2 unspecified atom stereocenters. The molecule has 2 atom stereocenters. The zero-order valence-electron chi connectivity index (χ0n) is 28.0. The average molecular weight is 891 g/mol. The molecule has 1 aliphatic rings. The van der Waals surface area contributed by atoms with Crippen LogP contribution >= 0.6 is 62.8 Å². The van der Waals surface area contributed by atoms with Crippen LogP contribution in [-0.4, -0.2) is 54.3 Å². The lowest BCUT2D eigenvalue weighted by atomic mass is 9.81. The van der Waals surface area contributed by atoms with E-state index < -0.39 is 13.8 Å². The maximum Gasteiger partial charge on any atom is 0.521 e. The summed E-state index contributed by atoms with van der Waals surface area (Å²) in [6.45, 7) is 5.49. The van der Waals surface area contributed by atoms with Gasteiger partial charge in [-0.05, 0) is 104 Å². The molecule has 276 valence electrons. The van der Waals surface area contributed by atoms with Crippen molar-refractivity contribution in [2.75, 3.05) is 37.9 Å². The maximum absolute atomic E-state index is 12.4. The molecule has 0 spiro atoms. The number of nitrogens with one attached hydrogen (secondary N) is 4. The molecule has 0 saturated carbocycles. The predicted molar refractivity (Wildman–Crippen MR) is 205 cm³/mol. The van der Waals surface area contributed by atoms with Gasteiger partial charge in [-0.3, -0.25) is 14.9 Å². The molecular formula is C32H39Br2N6O8PS2. The highest BCUT2D eigenvalue weighted by Crippen LogP contribution is 2.38. The number of aromatic nitrogens is 2. The monoisotopic (exact) mass is 888 g/mol. The summed E-state index contributed by atoms with van der Waals surface area (Å²) in [7, 11) is 0.267. The first kappa shape index (κ1) is 42.1. The topological polar surface area (TPSA) is 196 Å².